The van der Waals surface area contributed by atoms with Crippen molar-refractivity contribution in [3.63, 3.8) is 0 Å². The molecule has 0 saturated heterocycles. The van der Waals surface area contributed by atoms with Crippen LogP contribution in [0, 0.1) is 0 Å². The third kappa shape index (κ3) is 3.94. The van der Waals surface area contributed by atoms with Gasteiger partial charge < -0.3 is 0 Å². The molecule has 0 aromatic carbocycles. The van der Waals surface area contributed by atoms with Crippen molar-refractivity contribution in [3.8, 4) is 10.6 Å². The predicted octanol–water partition coefficient (Wildman–Crippen LogP) is 3.04. The first-order chi connectivity index (χ1) is 12.2. The Hall–Kier alpha value is -2.24. The normalized spacial score (nSPS) is 12.5. The van der Waals surface area contributed by atoms with E-state index < -0.39 is 21.9 Å². The average molecular weight is 402 g/mol. The SMILES string of the molecule is Cn1nc(-c2ccc(S(=O)(=O)NCc3cccnc3)s2)cc1C(F)(F)F. The standard InChI is InChI=1S/C15H13F3N4O2S2/c1-22-13(15(16,17)18)7-11(21-22)12-4-5-14(25-12)26(23,24)20-9-10-3-2-6-19-8-10/h2-8,20H,9H2,1H3. The molecule has 0 saturated carbocycles. The summed E-state index contributed by atoms with van der Waals surface area (Å²) >= 11 is 0.851. The number of hydrogen-bond acceptors (Lipinski definition) is 5. The molecule has 0 aliphatic heterocycles. The number of alkyl halides is 3. The summed E-state index contributed by atoms with van der Waals surface area (Å²) in [6, 6.07) is 7.08. The molecular formula is C15H13F3N4O2S2. The van der Waals surface area contributed by atoms with Gasteiger partial charge in [0.25, 0.3) is 0 Å². The van der Waals surface area contributed by atoms with E-state index in [2.05, 4.69) is 14.8 Å². The second kappa shape index (κ2) is 6.82. The number of rotatable bonds is 5. The molecular weight excluding hydrogens is 389 g/mol. The lowest BCUT2D eigenvalue weighted by atomic mass is 10.3. The van der Waals surface area contributed by atoms with Crippen molar-refractivity contribution in [2.24, 2.45) is 7.05 Å². The third-order valence-corrected chi connectivity index (χ3v) is 6.46. The Labute approximate surface area is 151 Å². The molecule has 3 heterocycles. The van der Waals surface area contributed by atoms with Crippen LogP contribution in [0.1, 0.15) is 11.3 Å². The van der Waals surface area contributed by atoms with Gasteiger partial charge in [-0.1, -0.05) is 6.07 Å². The maximum absolute atomic E-state index is 12.9. The molecule has 138 valence electrons. The first-order valence-electron chi connectivity index (χ1n) is 7.27. The Morgan fingerprint density at radius 2 is 2.04 bits per heavy atom. The molecule has 0 spiro atoms. The number of nitrogens with zero attached hydrogens (tertiary/aromatic N) is 3. The van der Waals surface area contributed by atoms with Crippen molar-refractivity contribution in [2.75, 3.05) is 0 Å². The van der Waals surface area contributed by atoms with Crippen LogP contribution in [-0.4, -0.2) is 23.2 Å². The van der Waals surface area contributed by atoms with Crippen LogP contribution in [-0.2, 0) is 29.8 Å². The number of aromatic nitrogens is 3. The summed E-state index contributed by atoms with van der Waals surface area (Å²) in [6.45, 7) is 0.0607. The minimum Gasteiger partial charge on any atom is -0.264 e. The van der Waals surface area contributed by atoms with Gasteiger partial charge in [0.15, 0.2) is 0 Å². The number of hydrogen-bond donors (Lipinski definition) is 1. The van der Waals surface area contributed by atoms with E-state index in [-0.39, 0.29) is 16.4 Å². The molecule has 6 nitrogen and oxygen atoms in total. The van der Waals surface area contributed by atoms with Crippen molar-refractivity contribution in [2.45, 2.75) is 16.9 Å². The lowest BCUT2D eigenvalue weighted by molar-refractivity contribution is -0.143. The van der Waals surface area contributed by atoms with Crippen LogP contribution in [0.2, 0.25) is 0 Å². The maximum atomic E-state index is 12.9. The van der Waals surface area contributed by atoms with Gasteiger partial charge in [-0.2, -0.15) is 18.3 Å². The largest absolute Gasteiger partial charge is 0.433 e. The first-order valence-corrected chi connectivity index (χ1v) is 9.57. The molecule has 3 aromatic heterocycles. The lowest BCUT2D eigenvalue weighted by Crippen LogP contribution is -2.22. The van der Waals surface area contributed by atoms with Crippen LogP contribution >= 0.6 is 11.3 Å². The van der Waals surface area contributed by atoms with E-state index >= 15 is 0 Å². The quantitative estimate of drug-likeness (QED) is 0.712. The first kappa shape index (κ1) is 18.5. The van der Waals surface area contributed by atoms with Gasteiger partial charge >= 0.3 is 6.18 Å². The number of pyridine rings is 1. The second-order valence-electron chi connectivity index (χ2n) is 5.34. The monoisotopic (exact) mass is 402 g/mol. The number of halogens is 3. The van der Waals surface area contributed by atoms with Crippen LogP contribution < -0.4 is 4.72 Å². The van der Waals surface area contributed by atoms with Crippen molar-refractivity contribution >= 4 is 21.4 Å². The zero-order valence-electron chi connectivity index (χ0n) is 13.4. The number of aryl methyl sites for hydroxylation is 1. The minimum atomic E-state index is -4.53. The smallest absolute Gasteiger partial charge is 0.264 e. The number of thiophene rings is 1. The van der Waals surface area contributed by atoms with Gasteiger partial charge in [-0.25, -0.2) is 13.1 Å². The van der Waals surface area contributed by atoms with E-state index in [1.807, 2.05) is 0 Å². The summed E-state index contributed by atoms with van der Waals surface area (Å²) in [5.41, 5.74) is -0.147. The fourth-order valence-corrected chi connectivity index (χ4v) is 4.53. The Morgan fingerprint density at radius 3 is 2.65 bits per heavy atom. The van der Waals surface area contributed by atoms with Crippen molar-refractivity contribution < 1.29 is 21.6 Å². The molecule has 0 unspecified atom stereocenters. The summed E-state index contributed by atoms with van der Waals surface area (Å²) < 4.78 is 66.5. The fraction of sp³-hybridized carbons (Fsp3) is 0.200. The highest BCUT2D eigenvalue weighted by Crippen LogP contribution is 2.35. The Kier molecular flexibility index (Phi) is 4.86. The third-order valence-electron chi connectivity index (χ3n) is 3.46. The van der Waals surface area contributed by atoms with Crippen LogP contribution in [0.3, 0.4) is 0 Å². The molecule has 1 N–H and O–H groups in total. The van der Waals surface area contributed by atoms with Gasteiger partial charge in [-0.3, -0.25) is 9.67 Å². The highest BCUT2D eigenvalue weighted by atomic mass is 32.2. The second-order valence-corrected chi connectivity index (χ2v) is 8.42. The van der Waals surface area contributed by atoms with E-state index in [9.17, 15) is 21.6 Å². The number of sulfonamides is 1. The van der Waals surface area contributed by atoms with Gasteiger partial charge in [0.05, 0.1) is 4.88 Å². The van der Waals surface area contributed by atoms with Gasteiger partial charge in [0, 0.05) is 26.0 Å². The Morgan fingerprint density at radius 1 is 1.27 bits per heavy atom. The highest BCUT2D eigenvalue weighted by Gasteiger charge is 2.35. The van der Waals surface area contributed by atoms with Crippen LogP contribution in [0.25, 0.3) is 10.6 Å². The van der Waals surface area contributed by atoms with Crippen molar-refractivity contribution in [1.82, 2.24) is 19.5 Å². The summed E-state index contributed by atoms with van der Waals surface area (Å²) in [5, 5.41) is 3.82. The Bertz CT molecular complexity index is 1010. The molecule has 0 fully saturated rings. The molecule has 26 heavy (non-hydrogen) atoms. The van der Waals surface area contributed by atoms with Gasteiger partial charge in [0.1, 0.15) is 15.6 Å². The van der Waals surface area contributed by atoms with E-state index in [1.165, 1.54) is 25.4 Å². The molecule has 0 amide bonds. The van der Waals surface area contributed by atoms with Gasteiger partial charge in [-0.05, 0) is 29.8 Å². The maximum Gasteiger partial charge on any atom is 0.433 e. The van der Waals surface area contributed by atoms with Gasteiger partial charge in [-0.15, -0.1) is 11.3 Å². The average Bonchev–Trinajstić information content (AvgIpc) is 3.20. The minimum absolute atomic E-state index is 0.00407. The molecule has 0 atom stereocenters. The highest BCUT2D eigenvalue weighted by molar-refractivity contribution is 7.91. The molecule has 0 radical (unpaired) electrons. The summed E-state index contributed by atoms with van der Waals surface area (Å²) in [4.78, 5) is 4.23. The molecule has 3 rings (SSSR count). The van der Waals surface area contributed by atoms with Crippen LogP contribution in [0.5, 0.6) is 0 Å². The van der Waals surface area contributed by atoms with Crippen molar-refractivity contribution in [3.05, 3.63) is 54.0 Å². The topological polar surface area (TPSA) is 76.9 Å². The summed E-state index contributed by atoms with van der Waals surface area (Å²) in [7, 11) is -2.61. The molecule has 3 aromatic rings. The zero-order valence-corrected chi connectivity index (χ0v) is 15.0. The lowest BCUT2D eigenvalue weighted by Gasteiger charge is -2.04. The van der Waals surface area contributed by atoms with E-state index in [0.717, 1.165) is 22.1 Å². The van der Waals surface area contributed by atoms with Crippen LogP contribution in [0.15, 0.2) is 46.9 Å². The summed E-state index contributed by atoms with van der Waals surface area (Å²) in [6.07, 6.45) is -1.42. The van der Waals surface area contributed by atoms with E-state index in [1.54, 1.807) is 18.3 Å². The van der Waals surface area contributed by atoms with E-state index in [0.29, 0.717) is 10.4 Å². The molecule has 0 aliphatic carbocycles. The van der Waals surface area contributed by atoms with Crippen molar-refractivity contribution in [1.29, 1.82) is 0 Å². The van der Waals surface area contributed by atoms with Gasteiger partial charge in [0.2, 0.25) is 10.0 Å². The number of nitrogens with one attached hydrogen (secondary N) is 1. The summed E-state index contributed by atoms with van der Waals surface area (Å²) in [5.74, 6) is 0. The van der Waals surface area contributed by atoms with Crippen LogP contribution in [0.4, 0.5) is 13.2 Å². The zero-order chi connectivity index (χ0) is 18.9. The molecule has 0 aliphatic rings. The fourth-order valence-electron chi connectivity index (χ4n) is 2.21. The molecule has 11 heteroatoms. The Balaban J connectivity index is 1.81. The molecule has 0 bridgehead atoms. The van der Waals surface area contributed by atoms with E-state index in [4.69, 9.17) is 0 Å². The predicted molar refractivity (Wildman–Crippen MR) is 89.8 cm³/mol.